The van der Waals surface area contributed by atoms with Crippen LogP contribution in [0.3, 0.4) is 0 Å². The molecule has 0 aromatic heterocycles. The van der Waals surface area contributed by atoms with Crippen LogP contribution in [0.2, 0.25) is 0 Å². The molecular formula is C21H18F2N2O3. The third-order valence-electron chi connectivity index (χ3n) is 5.20. The van der Waals surface area contributed by atoms with Gasteiger partial charge >= 0.3 is 0 Å². The smallest absolute Gasteiger partial charge is 0.294 e. The van der Waals surface area contributed by atoms with Crippen LogP contribution in [-0.2, 0) is 16.0 Å². The molecule has 2 aromatic carbocycles. The summed E-state index contributed by atoms with van der Waals surface area (Å²) in [5.41, 5.74) is 1.86. The molecule has 0 radical (unpaired) electrons. The van der Waals surface area contributed by atoms with E-state index in [1.54, 1.807) is 0 Å². The van der Waals surface area contributed by atoms with Crippen LogP contribution in [0.5, 0.6) is 0 Å². The number of aryl methyl sites for hydroxylation is 1. The number of anilines is 1. The minimum Gasteiger partial charge on any atom is -0.503 e. The first-order valence-electron chi connectivity index (χ1n) is 9.03. The molecule has 144 valence electrons. The predicted molar refractivity (Wildman–Crippen MR) is 98.6 cm³/mol. The van der Waals surface area contributed by atoms with Crippen molar-refractivity contribution in [1.82, 2.24) is 5.32 Å². The fourth-order valence-corrected chi connectivity index (χ4v) is 3.79. The molecule has 2 aliphatic rings. The molecule has 2 aromatic rings. The van der Waals surface area contributed by atoms with Gasteiger partial charge in [0.2, 0.25) is 0 Å². The predicted octanol–water partition coefficient (Wildman–Crippen LogP) is 3.32. The summed E-state index contributed by atoms with van der Waals surface area (Å²) < 4.78 is 27.2. The summed E-state index contributed by atoms with van der Waals surface area (Å²) in [5.74, 6) is -3.90. The molecule has 4 rings (SSSR count). The van der Waals surface area contributed by atoms with Crippen LogP contribution in [0.4, 0.5) is 14.5 Å². The van der Waals surface area contributed by atoms with E-state index < -0.39 is 29.2 Å². The summed E-state index contributed by atoms with van der Waals surface area (Å²) in [7, 11) is 0. The van der Waals surface area contributed by atoms with Gasteiger partial charge in [-0.25, -0.2) is 8.78 Å². The largest absolute Gasteiger partial charge is 0.503 e. The Morgan fingerprint density at radius 1 is 1.18 bits per heavy atom. The highest BCUT2D eigenvalue weighted by molar-refractivity contribution is 6.14. The lowest BCUT2D eigenvalue weighted by molar-refractivity contribution is -0.119. The lowest BCUT2D eigenvalue weighted by Crippen LogP contribution is -2.34. The van der Waals surface area contributed by atoms with E-state index in [4.69, 9.17) is 0 Å². The van der Waals surface area contributed by atoms with E-state index >= 15 is 0 Å². The number of carbonyl (C=O) groups is 2. The number of halogens is 2. The molecule has 1 unspecified atom stereocenters. The fraction of sp³-hybridized carbons (Fsp3) is 0.238. The van der Waals surface area contributed by atoms with Crippen LogP contribution in [0.25, 0.3) is 0 Å². The number of rotatable bonds is 3. The van der Waals surface area contributed by atoms with Crippen LogP contribution in [0.1, 0.15) is 30.0 Å². The zero-order valence-electron chi connectivity index (χ0n) is 14.9. The zero-order valence-corrected chi connectivity index (χ0v) is 14.9. The first-order chi connectivity index (χ1) is 13.5. The molecule has 28 heavy (non-hydrogen) atoms. The van der Waals surface area contributed by atoms with Gasteiger partial charge in [0, 0.05) is 6.07 Å². The lowest BCUT2D eigenvalue weighted by atomic mass is 9.87. The van der Waals surface area contributed by atoms with Crippen LogP contribution in [0, 0.1) is 11.6 Å². The molecule has 1 heterocycles. The molecule has 2 amide bonds. The van der Waals surface area contributed by atoms with E-state index in [1.807, 2.05) is 24.3 Å². The van der Waals surface area contributed by atoms with Crippen molar-refractivity contribution in [1.29, 1.82) is 0 Å². The van der Waals surface area contributed by atoms with E-state index in [9.17, 15) is 23.5 Å². The number of aliphatic hydroxyl groups excluding tert-OH is 1. The Morgan fingerprint density at radius 3 is 2.75 bits per heavy atom. The Hall–Kier alpha value is -3.22. The number of aliphatic hydroxyl groups is 1. The second kappa shape index (κ2) is 7.07. The topological polar surface area (TPSA) is 69.6 Å². The third-order valence-corrected chi connectivity index (χ3v) is 5.20. The van der Waals surface area contributed by atoms with Crippen molar-refractivity contribution in [2.75, 3.05) is 11.4 Å². The maximum absolute atomic E-state index is 14.0. The molecule has 0 fully saturated rings. The average molecular weight is 384 g/mol. The number of hydrogen-bond acceptors (Lipinski definition) is 3. The van der Waals surface area contributed by atoms with E-state index in [2.05, 4.69) is 5.32 Å². The maximum atomic E-state index is 14.0. The molecule has 0 spiro atoms. The van der Waals surface area contributed by atoms with E-state index in [0.29, 0.717) is 6.07 Å². The number of fused-ring (bicyclic) bond motifs is 1. The van der Waals surface area contributed by atoms with Crippen LogP contribution in [0.15, 0.2) is 53.8 Å². The Labute approximate surface area is 160 Å². The first-order valence-corrected chi connectivity index (χ1v) is 9.03. The monoisotopic (exact) mass is 384 g/mol. The summed E-state index contributed by atoms with van der Waals surface area (Å²) in [6.45, 7) is -0.284. The van der Waals surface area contributed by atoms with Crippen LogP contribution >= 0.6 is 0 Å². The van der Waals surface area contributed by atoms with Crippen molar-refractivity contribution >= 4 is 17.5 Å². The van der Waals surface area contributed by atoms with Gasteiger partial charge in [0.05, 0.1) is 23.8 Å². The molecule has 2 N–H and O–H groups in total. The van der Waals surface area contributed by atoms with Crippen molar-refractivity contribution in [2.24, 2.45) is 0 Å². The Bertz CT molecular complexity index is 1000. The Balaban J connectivity index is 1.55. The second-order valence-electron chi connectivity index (χ2n) is 6.93. The summed E-state index contributed by atoms with van der Waals surface area (Å²) in [5, 5.41) is 13.0. The van der Waals surface area contributed by atoms with Gasteiger partial charge in [0.25, 0.3) is 11.8 Å². The van der Waals surface area contributed by atoms with Gasteiger partial charge in [0.15, 0.2) is 5.76 Å². The fourth-order valence-electron chi connectivity index (χ4n) is 3.79. The highest BCUT2D eigenvalue weighted by Gasteiger charge is 2.37. The summed E-state index contributed by atoms with van der Waals surface area (Å²) in [6, 6.07) is 10.4. The molecule has 0 saturated heterocycles. The molecule has 7 heteroatoms. The molecule has 5 nitrogen and oxygen atoms in total. The van der Waals surface area contributed by atoms with E-state index in [1.165, 1.54) is 0 Å². The van der Waals surface area contributed by atoms with Gasteiger partial charge in [-0.3, -0.25) is 14.5 Å². The standard InChI is InChI=1S/C21H18F2N2O3/c22-13-8-9-18(16(23)10-13)25-11-15(19(26)21(25)28)20(27)24-17-7-3-5-12-4-1-2-6-14(12)17/h1-2,4,6,8-10,17,26H,3,5,7,11H2,(H,24,27). The maximum Gasteiger partial charge on any atom is 0.294 e. The summed E-state index contributed by atoms with van der Waals surface area (Å²) in [6.07, 6.45) is 2.60. The van der Waals surface area contributed by atoms with Gasteiger partial charge in [0.1, 0.15) is 11.6 Å². The molecule has 1 atom stereocenters. The van der Waals surface area contributed by atoms with Crippen molar-refractivity contribution in [3.8, 4) is 0 Å². The second-order valence-corrected chi connectivity index (χ2v) is 6.93. The highest BCUT2D eigenvalue weighted by Crippen LogP contribution is 2.31. The van der Waals surface area contributed by atoms with Crippen molar-refractivity contribution in [3.63, 3.8) is 0 Å². The molecule has 0 bridgehead atoms. The number of amides is 2. The number of carbonyl (C=O) groups excluding carboxylic acids is 2. The van der Waals surface area contributed by atoms with Gasteiger partial charge in [-0.2, -0.15) is 0 Å². The number of nitrogens with zero attached hydrogens (tertiary/aromatic N) is 1. The normalized spacial score (nSPS) is 19.0. The quantitative estimate of drug-likeness (QED) is 0.853. The molecule has 1 aliphatic heterocycles. The van der Waals surface area contributed by atoms with Crippen molar-refractivity contribution in [2.45, 2.75) is 25.3 Å². The zero-order chi connectivity index (χ0) is 19.8. The summed E-state index contributed by atoms with van der Waals surface area (Å²) in [4.78, 5) is 26.0. The van der Waals surface area contributed by atoms with Gasteiger partial charge < -0.3 is 10.4 Å². The summed E-state index contributed by atoms with van der Waals surface area (Å²) >= 11 is 0. The van der Waals surface area contributed by atoms with E-state index in [0.717, 1.165) is 47.4 Å². The first kappa shape index (κ1) is 18.2. The molecule has 0 saturated carbocycles. The number of benzene rings is 2. The average Bonchev–Trinajstić information content (AvgIpc) is 2.97. The van der Waals surface area contributed by atoms with Crippen molar-refractivity contribution < 1.29 is 23.5 Å². The van der Waals surface area contributed by atoms with Crippen LogP contribution < -0.4 is 10.2 Å². The number of nitrogens with one attached hydrogen (secondary N) is 1. The van der Waals surface area contributed by atoms with Crippen molar-refractivity contribution in [3.05, 3.63) is 76.6 Å². The van der Waals surface area contributed by atoms with Gasteiger partial charge in [-0.15, -0.1) is 0 Å². The van der Waals surface area contributed by atoms with Gasteiger partial charge in [-0.05, 0) is 42.5 Å². The molecular weight excluding hydrogens is 366 g/mol. The molecule has 1 aliphatic carbocycles. The Morgan fingerprint density at radius 2 is 1.96 bits per heavy atom. The third kappa shape index (κ3) is 3.13. The lowest BCUT2D eigenvalue weighted by Gasteiger charge is -2.26. The Kier molecular flexibility index (Phi) is 4.58. The SMILES string of the molecule is O=C(NC1CCCc2ccccc21)C1=C(O)C(=O)N(c2ccc(F)cc2F)C1. The van der Waals surface area contributed by atoms with Gasteiger partial charge in [-0.1, -0.05) is 24.3 Å². The number of hydrogen-bond donors (Lipinski definition) is 2. The minimum atomic E-state index is -0.941. The highest BCUT2D eigenvalue weighted by atomic mass is 19.1. The minimum absolute atomic E-state index is 0.128. The van der Waals surface area contributed by atoms with Crippen LogP contribution in [-0.4, -0.2) is 23.5 Å². The van der Waals surface area contributed by atoms with E-state index in [-0.39, 0.29) is 23.8 Å².